The molecule has 0 aromatic carbocycles. The molecule has 0 aliphatic carbocycles. The van der Waals surface area contributed by atoms with Crippen molar-refractivity contribution in [2.45, 2.75) is 32.0 Å². The lowest BCUT2D eigenvalue weighted by molar-refractivity contribution is -0.00879. The van der Waals surface area contributed by atoms with Gasteiger partial charge in [0.2, 0.25) is 5.88 Å². The van der Waals surface area contributed by atoms with Crippen LogP contribution < -0.4 is 14.5 Å². The molecule has 1 N–H and O–H groups in total. The highest BCUT2D eigenvalue weighted by Gasteiger charge is 2.44. The number of carbonyl (C=O) groups is 1. The zero-order chi connectivity index (χ0) is 27.1. The van der Waals surface area contributed by atoms with Gasteiger partial charge in [0, 0.05) is 56.1 Å². The molecule has 4 aromatic rings. The van der Waals surface area contributed by atoms with E-state index in [1.807, 2.05) is 12.3 Å². The Balaban J connectivity index is 1.22. The van der Waals surface area contributed by atoms with Crippen molar-refractivity contribution < 1.29 is 14.6 Å². The topological polar surface area (TPSA) is 136 Å². The summed E-state index contributed by atoms with van der Waals surface area (Å²) in [5, 5.41) is 23.5. The second kappa shape index (κ2) is 9.85. The predicted octanol–water partition coefficient (Wildman–Crippen LogP) is 3.03. The fourth-order valence-electron chi connectivity index (χ4n) is 5.55. The van der Waals surface area contributed by atoms with Crippen LogP contribution in [0.2, 0.25) is 0 Å². The molecule has 4 aromatic heterocycles. The first-order valence-electron chi connectivity index (χ1n) is 12.7. The number of hydrogen-bond acceptors (Lipinski definition) is 9. The Morgan fingerprint density at radius 1 is 1.18 bits per heavy atom. The van der Waals surface area contributed by atoms with Gasteiger partial charge in [-0.05, 0) is 25.0 Å². The Morgan fingerprint density at radius 3 is 2.62 bits per heavy atom. The molecule has 3 saturated heterocycles. The first-order valence-corrected chi connectivity index (χ1v) is 12.7. The average molecular weight is 526 g/mol. The number of nitriles is 1. The molecule has 198 valence electrons. The van der Waals surface area contributed by atoms with Gasteiger partial charge < -0.3 is 14.7 Å². The minimum atomic E-state index is -1.07. The van der Waals surface area contributed by atoms with Gasteiger partial charge in [-0.3, -0.25) is 14.8 Å². The molecule has 39 heavy (non-hydrogen) atoms. The number of ether oxygens (including phenoxy) is 1. The summed E-state index contributed by atoms with van der Waals surface area (Å²) in [6.07, 6.45) is 8.46. The summed E-state index contributed by atoms with van der Waals surface area (Å²) in [4.78, 5) is 31.5. The number of carboxylic acid groups (broad SMARTS) is 1. The molecule has 7 rings (SSSR count). The SMILES string of the molecule is CCN(C(=O)O)c1cc(-c2cnc(N3CC4CC(C3)N4Cc3ccc(OC)nc3)cn2)c2c(C#N)cnn2c1. The monoisotopic (exact) mass is 525 g/mol. The van der Waals surface area contributed by atoms with Crippen LogP contribution in [0.25, 0.3) is 16.8 Å². The molecule has 7 heterocycles. The van der Waals surface area contributed by atoms with Crippen molar-refractivity contribution in [3.8, 4) is 23.2 Å². The summed E-state index contributed by atoms with van der Waals surface area (Å²) in [6.45, 7) is 4.60. The van der Waals surface area contributed by atoms with Gasteiger partial charge in [-0.1, -0.05) is 6.07 Å². The van der Waals surface area contributed by atoms with Crippen molar-refractivity contribution in [3.63, 3.8) is 0 Å². The molecular formula is C27H27N9O3. The van der Waals surface area contributed by atoms with Crippen molar-refractivity contribution in [2.75, 3.05) is 36.5 Å². The smallest absolute Gasteiger partial charge is 0.411 e. The molecule has 3 fully saturated rings. The lowest BCUT2D eigenvalue weighted by Gasteiger charge is -2.56. The quantitative estimate of drug-likeness (QED) is 0.383. The number of amides is 1. The minimum absolute atomic E-state index is 0.264. The molecule has 2 bridgehead atoms. The number of hydrogen-bond donors (Lipinski definition) is 1. The summed E-state index contributed by atoms with van der Waals surface area (Å²) in [7, 11) is 1.62. The van der Waals surface area contributed by atoms with Crippen molar-refractivity contribution in [1.82, 2.24) is 29.5 Å². The number of rotatable bonds is 7. The maximum absolute atomic E-state index is 11.8. The van der Waals surface area contributed by atoms with Crippen LogP contribution in [0.4, 0.5) is 16.3 Å². The van der Waals surface area contributed by atoms with E-state index in [1.165, 1.54) is 15.6 Å². The van der Waals surface area contributed by atoms with Crippen LogP contribution in [0.3, 0.4) is 0 Å². The predicted molar refractivity (Wildman–Crippen MR) is 143 cm³/mol. The molecule has 3 aliphatic heterocycles. The molecule has 2 unspecified atom stereocenters. The second-order valence-electron chi connectivity index (χ2n) is 9.69. The highest BCUT2D eigenvalue weighted by molar-refractivity contribution is 5.90. The molecule has 12 heteroatoms. The third-order valence-corrected chi connectivity index (χ3v) is 7.53. The number of anilines is 2. The van der Waals surface area contributed by atoms with Crippen LogP contribution in [-0.4, -0.2) is 79.5 Å². The highest BCUT2D eigenvalue weighted by atomic mass is 16.5. The van der Waals surface area contributed by atoms with E-state index in [9.17, 15) is 15.2 Å². The van der Waals surface area contributed by atoms with Gasteiger partial charge in [-0.2, -0.15) is 10.4 Å². The second-order valence-corrected chi connectivity index (χ2v) is 9.69. The van der Waals surface area contributed by atoms with Crippen LogP contribution in [0.1, 0.15) is 24.5 Å². The van der Waals surface area contributed by atoms with Crippen LogP contribution in [0.15, 0.2) is 49.2 Å². The van der Waals surface area contributed by atoms with Crippen molar-refractivity contribution in [1.29, 1.82) is 5.26 Å². The lowest BCUT2D eigenvalue weighted by Crippen LogP contribution is -2.68. The summed E-state index contributed by atoms with van der Waals surface area (Å²) in [6, 6.07) is 8.70. The maximum atomic E-state index is 11.8. The van der Waals surface area contributed by atoms with E-state index in [2.05, 4.69) is 37.0 Å². The number of piperidine rings is 1. The summed E-state index contributed by atoms with van der Waals surface area (Å²) < 4.78 is 6.68. The van der Waals surface area contributed by atoms with E-state index in [4.69, 9.17) is 9.72 Å². The third kappa shape index (κ3) is 4.36. The Bertz CT molecular complexity index is 1550. The van der Waals surface area contributed by atoms with Crippen LogP contribution in [-0.2, 0) is 6.54 Å². The number of aromatic nitrogens is 5. The van der Waals surface area contributed by atoms with Crippen molar-refractivity contribution >= 4 is 23.1 Å². The Kier molecular flexibility index (Phi) is 6.20. The Labute approximate surface area is 224 Å². The van der Waals surface area contributed by atoms with E-state index < -0.39 is 6.09 Å². The van der Waals surface area contributed by atoms with Gasteiger partial charge in [0.25, 0.3) is 0 Å². The fraction of sp³-hybridized carbons (Fsp3) is 0.333. The van der Waals surface area contributed by atoms with E-state index in [0.29, 0.717) is 46.0 Å². The highest BCUT2D eigenvalue weighted by Crippen LogP contribution is 2.36. The molecule has 0 saturated carbocycles. The molecule has 12 nitrogen and oxygen atoms in total. The van der Waals surface area contributed by atoms with E-state index in [-0.39, 0.29) is 6.54 Å². The number of pyridine rings is 2. The third-order valence-electron chi connectivity index (χ3n) is 7.53. The van der Waals surface area contributed by atoms with Crippen molar-refractivity contribution in [2.24, 2.45) is 0 Å². The molecule has 2 atom stereocenters. The number of fused-ring (bicyclic) bond motifs is 3. The normalized spacial score (nSPS) is 18.4. The van der Waals surface area contributed by atoms with Gasteiger partial charge in [-0.25, -0.2) is 19.3 Å². The Hall–Kier alpha value is -4.76. The molecule has 1 amide bonds. The first kappa shape index (κ1) is 24.6. The average Bonchev–Trinajstić information content (AvgIpc) is 3.39. The van der Waals surface area contributed by atoms with Crippen molar-refractivity contribution in [3.05, 3.63) is 60.3 Å². The number of methoxy groups -OCH3 is 1. The molecule has 3 aliphatic rings. The zero-order valence-corrected chi connectivity index (χ0v) is 21.6. The summed E-state index contributed by atoms with van der Waals surface area (Å²) >= 11 is 0. The van der Waals surface area contributed by atoms with Gasteiger partial charge in [0.1, 0.15) is 11.9 Å². The first-order chi connectivity index (χ1) is 19.0. The van der Waals surface area contributed by atoms with Gasteiger partial charge >= 0.3 is 6.09 Å². The van der Waals surface area contributed by atoms with Gasteiger partial charge in [0.05, 0.1) is 54.4 Å². The number of nitrogens with zero attached hydrogens (tertiary/aromatic N) is 9. The van der Waals surface area contributed by atoms with Crippen LogP contribution >= 0.6 is 0 Å². The Morgan fingerprint density at radius 2 is 2.00 bits per heavy atom. The fourth-order valence-corrected chi connectivity index (χ4v) is 5.55. The minimum Gasteiger partial charge on any atom is -0.481 e. The van der Waals surface area contributed by atoms with E-state index in [0.717, 1.165) is 37.4 Å². The lowest BCUT2D eigenvalue weighted by atomic mass is 9.87. The maximum Gasteiger partial charge on any atom is 0.411 e. The van der Waals surface area contributed by atoms with E-state index in [1.54, 1.807) is 38.7 Å². The summed E-state index contributed by atoms with van der Waals surface area (Å²) in [5.41, 5.74) is 3.68. The molecular weight excluding hydrogens is 498 g/mol. The molecule has 0 spiro atoms. The molecule has 0 radical (unpaired) electrons. The van der Waals surface area contributed by atoms with Crippen LogP contribution in [0.5, 0.6) is 5.88 Å². The largest absolute Gasteiger partial charge is 0.481 e. The zero-order valence-electron chi connectivity index (χ0n) is 21.6. The standard InChI is InChI=1S/C27H27N9O3/c1-3-34(27(37)38)21-7-22(26-18(8-28)10-32-36(26)16-21)23-11-30-24(12-29-23)33-14-19-6-20(15-33)35(19)13-17-4-5-25(39-2)31-9-17/h4-5,7,9-12,16,19-20H,3,6,13-15H2,1-2H3,(H,37,38). The number of piperazine rings is 1. The van der Waals surface area contributed by atoms with Gasteiger partial charge in [0.15, 0.2) is 0 Å². The van der Waals surface area contributed by atoms with E-state index >= 15 is 0 Å². The summed E-state index contributed by atoms with van der Waals surface area (Å²) in [5.74, 6) is 1.41. The van der Waals surface area contributed by atoms with Crippen LogP contribution in [0, 0.1) is 11.3 Å². The van der Waals surface area contributed by atoms with Gasteiger partial charge in [-0.15, -0.1) is 0 Å².